The number of hydrogen-bond donors (Lipinski definition) is 1. The molecular weight excluding hydrogens is 258 g/mol. The predicted octanol–water partition coefficient (Wildman–Crippen LogP) is 3.74. The van der Waals surface area contributed by atoms with Crippen LogP contribution in [-0.2, 0) is 13.6 Å². The number of hydrogen-bond acceptors (Lipinski definition) is 2. The molecule has 0 spiro atoms. The minimum absolute atomic E-state index is 0.463. The van der Waals surface area contributed by atoms with Crippen molar-refractivity contribution >= 4 is 10.8 Å². The van der Waals surface area contributed by atoms with Gasteiger partial charge in [-0.3, -0.25) is 4.68 Å². The van der Waals surface area contributed by atoms with Crippen LogP contribution < -0.4 is 5.32 Å². The fourth-order valence-electron chi connectivity index (χ4n) is 2.64. The molecule has 0 radical (unpaired) electrons. The molecule has 0 aliphatic heterocycles. The van der Waals surface area contributed by atoms with Crippen molar-refractivity contribution in [1.82, 2.24) is 15.1 Å². The molecule has 1 N–H and O–H groups in total. The van der Waals surface area contributed by atoms with Crippen LogP contribution >= 0.6 is 0 Å². The molecule has 108 valence electrons. The van der Waals surface area contributed by atoms with Crippen molar-refractivity contribution in [3.05, 3.63) is 54.2 Å². The second-order valence-electron chi connectivity index (χ2n) is 5.74. The lowest BCUT2D eigenvalue weighted by Gasteiger charge is -2.09. The summed E-state index contributed by atoms with van der Waals surface area (Å²) in [6.07, 6.45) is 2.10. The molecule has 3 rings (SSSR count). The number of benzene rings is 2. The second kappa shape index (κ2) is 5.70. The Kier molecular flexibility index (Phi) is 3.76. The van der Waals surface area contributed by atoms with Crippen molar-refractivity contribution in [2.75, 3.05) is 0 Å². The Bertz CT molecular complexity index is 751. The lowest BCUT2D eigenvalue weighted by atomic mass is 10.00. The maximum absolute atomic E-state index is 4.69. The molecule has 0 unspecified atom stereocenters. The van der Waals surface area contributed by atoms with E-state index in [1.165, 1.54) is 21.9 Å². The molecule has 0 aliphatic carbocycles. The molecule has 3 heteroatoms. The van der Waals surface area contributed by atoms with E-state index < -0.39 is 0 Å². The molecule has 0 fully saturated rings. The topological polar surface area (TPSA) is 29.9 Å². The van der Waals surface area contributed by atoms with Crippen LogP contribution in [0.4, 0.5) is 0 Å². The summed E-state index contributed by atoms with van der Waals surface area (Å²) in [6.45, 7) is 5.16. The Morgan fingerprint density at radius 2 is 1.86 bits per heavy atom. The van der Waals surface area contributed by atoms with Gasteiger partial charge in [-0.15, -0.1) is 0 Å². The van der Waals surface area contributed by atoms with Gasteiger partial charge in [-0.2, -0.15) is 5.10 Å². The number of nitrogens with zero attached hydrogens (tertiary/aromatic N) is 2. The summed E-state index contributed by atoms with van der Waals surface area (Å²) in [5.41, 5.74) is 3.51. The van der Waals surface area contributed by atoms with Gasteiger partial charge in [0.05, 0.1) is 5.69 Å². The van der Waals surface area contributed by atoms with Crippen LogP contribution in [0.1, 0.15) is 19.4 Å². The van der Waals surface area contributed by atoms with E-state index in [0.717, 1.165) is 12.2 Å². The van der Waals surface area contributed by atoms with E-state index in [2.05, 4.69) is 72.9 Å². The third kappa shape index (κ3) is 2.83. The van der Waals surface area contributed by atoms with Gasteiger partial charge in [0.15, 0.2) is 0 Å². The first kappa shape index (κ1) is 13.8. The van der Waals surface area contributed by atoms with Crippen molar-refractivity contribution in [3.8, 4) is 11.3 Å². The second-order valence-corrected chi connectivity index (χ2v) is 5.74. The van der Waals surface area contributed by atoms with Gasteiger partial charge in [-0.1, -0.05) is 56.3 Å². The van der Waals surface area contributed by atoms with Crippen LogP contribution in [0.15, 0.2) is 48.7 Å². The van der Waals surface area contributed by atoms with Crippen LogP contribution in [0, 0.1) is 0 Å². The zero-order valence-corrected chi connectivity index (χ0v) is 12.8. The third-order valence-corrected chi connectivity index (χ3v) is 3.65. The van der Waals surface area contributed by atoms with Crippen molar-refractivity contribution in [2.24, 2.45) is 7.05 Å². The highest BCUT2D eigenvalue weighted by Gasteiger charge is 2.12. The fraction of sp³-hybridized carbons (Fsp3) is 0.278. The van der Waals surface area contributed by atoms with Gasteiger partial charge in [-0.25, -0.2) is 0 Å². The Hall–Kier alpha value is -2.13. The molecule has 0 saturated carbocycles. The van der Waals surface area contributed by atoms with Crippen molar-refractivity contribution in [1.29, 1.82) is 0 Å². The van der Waals surface area contributed by atoms with Crippen LogP contribution in [0.25, 0.3) is 22.0 Å². The molecule has 1 aromatic heterocycles. The Balaban J connectivity index is 2.10. The summed E-state index contributed by atoms with van der Waals surface area (Å²) in [6, 6.07) is 15.3. The van der Waals surface area contributed by atoms with E-state index in [9.17, 15) is 0 Å². The molecule has 21 heavy (non-hydrogen) atoms. The summed E-state index contributed by atoms with van der Waals surface area (Å²) in [4.78, 5) is 0. The highest BCUT2D eigenvalue weighted by Crippen LogP contribution is 2.29. The van der Waals surface area contributed by atoms with Gasteiger partial charge in [0.1, 0.15) is 0 Å². The molecule has 0 aliphatic rings. The van der Waals surface area contributed by atoms with Gasteiger partial charge < -0.3 is 5.32 Å². The molecular formula is C18H21N3. The van der Waals surface area contributed by atoms with Gasteiger partial charge in [0.2, 0.25) is 0 Å². The first-order valence-corrected chi connectivity index (χ1v) is 7.39. The normalized spacial score (nSPS) is 11.4. The number of aromatic nitrogens is 2. The Morgan fingerprint density at radius 3 is 2.67 bits per heavy atom. The average molecular weight is 279 g/mol. The average Bonchev–Trinajstić information content (AvgIpc) is 2.85. The van der Waals surface area contributed by atoms with E-state index in [0.29, 0.717) is 6.04 Å². The zero-order chi connectivity index (χ0) is 14.8. The van der Waals surface area contributed by atoms with E-state index in [1.807, 2.05) is 11.7 Å². The number of rotatable bonds is 4. The molecule has 0 amide bonds. The first-order valence-electron chi connectivity index (χ1n) is 7.39. The standard InChI is InChI=1S/C18H21N3/c1-13(2)19-11-15-12-21(3)20-18(15)17-10-6-8-14-7-4-5-9-16(14)17/h4-10,12-13,19H,11H2,1-3H3. The smallest absolute Gasteiger partial charge is 0.0974 e. The van der Waals surface area contributed by atoms with E-state index in [4.69, 9.17) is 0 Å². The first-order chi connectivity index (χ1) is 10.1. The minimum atomic E-state index is 0.463. The monoisotopic (exact) mass is 279 g/mol. The van der Waals surface area contributed by atoms with Crippen molar-refractivity contribution in [2.45, 2.75) is 26.4 Å². The van der Waals surface area contributed by atoms with Gasteiger partial charge in [0.25, 0.3) is 0 Å². The van der Waals surface area contributed by atoms with Crippen LogP contribution in [0.3, 0.4) is 0 Å². The van der Waals surface area contributed by atoms with Crippen LogP contribution in [0.5, 0.6) is 0 Å². The lowest BCUT2D eigenvalue weighted by Crippen LogP contribution is -2.21. The molecule has 3 aromatic rings. The molecule has 1 heterocycles. The Morgan fingerprint density at radius 1 is 1.10 bits per heavy atom. The lowest BCUT2D eigenvalue weighted by molar-refractivity contribution is 0.589. The minimum Gasteiger partial charge on any atom is -0.310 e. The summed E-state index contributed by atoms with van der Waals surface area (Å²) in [7, 11) is 1.98. The van der Waals surface area contributed by atoms with E-state index in [-0.39, 0.29) is 0 Å². The maximum Gasteiger partial charge on any atom is 0.0974 e. The summed E-state index contributed by atoms with van der Waals surface area (Å²) >= 11 is 0. The molecule has 0 atom stereocenters. The maximum atomic E-state index is 4.69. The molecule has 0 saturated heterocycles. The van der Waals surface area contributed by atoms with E-state index in [1.54, 1.807) is 0 Å². The molecule has 0 bridgehead atoms. The van der Waals surface area contributed by atoms with Crippen LogP contribution in [-0.4, -0.2) is 15.8 Å². The fourth-order valence-corrected chi connectivity index (χ4v) is 2.64. The summed E-state index contributed by atoms with van der Waals surface area (Å²) < 4.78 is 1.90. The predicted molar refractivity (Wildman–Crippen MR) is 88.1 cm³/mol. The van der Waals surface area contributed by atoms with Crippen molar-refractivity contribution in [3.63, 3.8) is 0 Å². The molecule has 3 nitrogen and oxygen atoms in total. The number of fused-ring (bicyclic) bond motifs is 1. The van der Waals surface area contributed by atoms with Crippen molar-refractivity contribution < 1.29 is 0 Å². The number of aryl methyl sites for hydroxylation is 1. The highest BCUT2D eigenvalue weighted by molar-refractivity contribution is 5.96. The van der Waals surface area contributed by atoms with Gasteiger partial charge >= 0.3 is 0 Å². The molecule has 2 aromatic carbocycles. The zero-order valence-electron chi connectivity index (χ0n) is 12.8. The Labute approximate surface area is 125 Å². The summed E-state index contributed by atoms with van der Waals surface area (Å²) in [5.74, 6) is 0. The van der Waals surface area contributed by atoms with Crippen LogP contribution in [0.2, 0.25) is 0 Å². The highest BCUT2D eigenvalue weighted by atomic mass is 15.3. The number of nitrogens with one attached hydrogen (secondary N) is 1. The SMILES string of the molecule is CC(C)NCc1cn(C)nc1-c1cccc2ccccc12. The summed E-state index contributed by atoms with van der Waals surface area (Å²) in [5, 5.41) is 10.7. The third-order valence-electron chi connectivity index (χ3n) is 3.65. The van der Waals surface area contributed by atoms with Gasteiger partial charge in [0, 0.05) is 37.0 Å². The van der Waals surface area contributed by atoms with E-state index >= 15 is 0 Å². The van der Waals surface area contributed by atoms with Gasteiger partial charge in [-0.05, 0) is 10.8 Å². The quantitative estimate of drug-likeness (QED) is 0.788. The largest absolute Gasteiger partial charge is 0.310 e.